The Balaban J connectivity index is 2.55. The standard InChI is InChI=1S/C12H15NO5S/c1-9-2-4-10(5-3-9)13-11(14)8-19(17,18)7-6-12(15)16/h2-5H,6-8H2,1H3,(H,13,14)(H,15,16). The van der Waals surface area contributed by atoms with Crippen LogP contribution in [0, 0.1) is 6.92 Å². The number of sulfone groups is 1. The van der Waals surface area contributed by atoms with Crippen LogP contribution in [0.5, 0.6) is 0 Å². The number of hydrogen-bond donors (Lipinski definition) is 2. The highest BCUT2D eigenvalue weighted by molar-refractivity contribution is 7.92. The molecule has 19 heavy (non-hydrogen) atoms. The zero-order valence-electron chi connectivity index (χ0n) is 10.4. The number of carbonyl (C=O) groups is 2. The summed E-state index contributed by atoms with van der Waals surface area (Å²) in [5.74, 6) is -3.13. The number of carboxylic acids is 1. The van der Waals surface area contributed by atoms with Gasteiger partial charge >= 0.3 is 5.97 Å². The van der Waals surface area contributed by atoms with E-state index in [1.54, 1.807) is 24.3 Å². The SMILES string of the molecule is Cc1ccc(NC(=O)CS(=O)(=O)CCC(=O)O)cc1. The van der Waals surface area contributed by atoms with Gasteiger partial charge in [-0.25, -0.2) is 8.42 Å². The molecule has 0 aromatic heterocycles. The molecule has 0 heterocycles. The number of rotatable bonds is 6. The van der Waals surface area contributed by atoms with Crippen molar-refractivity contribution in [2.45, 2.75) is 13.3 Å². The van der Waals surface area contributed by atoms with Crippen LogP contribution in [0.1, 0.15) is 12.0 Å². The lowest BCUT2D eigenvalue weighted by Crippen LogP contribution is -2.25. The van der Waals surface area contributed by atoms with Crippen molar-refractivity contribution in [3.8, 4) is 0 Å². The Bertz CT molecular complexity index is 562. The predicted molar refractivity (Wildman–Crippen MR) is 70.7 cm³/mol. The maximum Gasteiger partial charge on any atom is 0.304 e. The first kappa shape index (κ1) is 15.2. The number of amides is 1. The molecule has 0 aliphatic carbocycles. The number of benzene rings is 1. The van der Waals surface area contributed by atoms with E-state index in [1.165, 1.54) is 0 Å². The van der Waals surface area contributed by atoms with Gasteiger partial charge in [0.2, 0.25) is 5.91 Å². The zero-order valence-corrected chi connectivity index (χ0v) is 11.2. The molecule has 0 aliphatic rings. The number of aliphatic carboxylic acids is 1. The highest BCUT2D eigenvalue weighted by Gasteiger charge is 2.18. The first-order valence-electron chi connectivity index (χ1n) is 5.57. The molecule has 0 fully saturated rings. The first-order chi connectivity index (χ1) is 8.78. The van der Waals surface area contributed by atoms with E-state index < -0.39 is 39.6 Å². The summed E-state index contributed by atoms with van der Waals surface area (Å²) in [5.41, 5.74) is 1.52. The Morgan fingerprint density at radius 3 is 2.32 bits per heavy atom. The number of aryl methyl sites for hydroxylation is 1. The summed E-state index contributed by atoms with van der Waals surface area (Å²) < 4.78 is 22.9. The molecule has 0 saturated carbocycles. The van der Waals surface area contributed by atoms with Gasteiger partial charge in [0.1, 0.15) is 5.75 Å². The Morgan fingerprint density at radius 2 is 1.79 bits per heavy atom. The molecule has 0 aliphatic heterocycles. The van der Waals surface area contributed by atoms with Crippen LogP contribution >= 0.6 is 0 Å². The van der Waals surface area contributed by atoms with Crippen LogP contribution in [0.2, 0.25) is 0 Å². The molecule has 0 unspecified atom stereocenters. The van der Waals surface area contributed by atoms with Crippen LogP contribution in [0.4, 0.5) is 5.69 Å². The van der Waals surface area contributed by atoms with E-state index in [4.69, 9.17) is 5.11 Å². The number of anilines is 1. The molecule has 2 N–H and O–H groups in total. The van der Waals surface area contributed by atoms with Gasteiger partial charge in [0, 0.05) is 5.69 Å². The maximum absolute atomic E-state index is 11.5. The number of nitrogens with one attached hydrogen (secondary N) is 1. The molecule has 1 aromatic rings. The van der Waals surface area contributed by atoms with Gasteiger partial charge in [0.15, 0.2) is 9.84 Å². The summed E-state index contributed by atoms with van der Waals surface area (Å²) in [4.78, 5) is 21.8. The lowest BCUT2D eigenvalue weighted by molar-refractivity contribution is -0.136. The topological polar surface area (TPSA) is 101 Å². The predicted octanol–water partition coefficient (Wildman–Crippen LogP) is 0.823. The summed E-state index contributed by atoms with van der Waals surface area (Å²) in [6, 6.07) is 6.90. The Morgan fingerprint density at radius 1 is 1.21 bits per heavy atom. The molecule has 7 heteroatoms. The van der Waals surface area contributed by atoms with Gasteiger partial charge in [-0.3, -0.25) is 9.59 Å². The summed E-state index contributed by atoms with van der Waals surface area (Å²) in [5, 5.41) is 10.9. The third-order valence-corrected chi connectivity index (χ3v) is 3.84. The minimum atomic E-state index is -3.70. The average molecular weight is 285 g/mol. The van der Waals surface area contributed by atoms with Crippen molar-refractivity contribution in [1.82, 2.24) is 0 Å². The normalized spacial score (nSPS) is 11.0. The fraction of sp³-hybridized carbons (Fsp3) is 0.333. The Labute approximate surface area is 111 Å². The molecular formula is C12H15NO5S. The second-order valence-corrected chi connectivity index (χ2v) is 6.33. The van der Waals surface area contributed by atoms with Crippen LogP contribution in [0.3, 0.4) is 0 Å². The second-order valence-electron chi connectivity index (χ2n) is 4.15. The van der Waals surface area contributed by atoms with Crippen LogP contribution in [0.25, 0.3) is 0 Å². The van der Waals surface area contributed by atoms with Crippen molar-refractivity contribution in [3.05, 3.63) is 29.8 Å². The number of carboxylic acid groups (broad SMARTS) is 1. The quantitative estimate of drug-likeness (QED) is 0.806. The van der Waals surface area contributed by atoms with E-state index in [1.807, 2.05) is 6.92 Å². The van der Waals surface area contributed by atoms with E-state index in [-0.39, 0.29) is 0 Å². The van der Waals surface area contributed by atoms with E-state index in [9.17, 15) is 18.0 Å². The summed E-state index contributed by atoms with van der Waals surface area (Å²) in [6.07, 6.45) is -0.500. The van der Waals surface area contributed by atoms with Crippen LogP contribution in [-0.4, -0.2) is 36.9 Å². The molecule has 1 rings (SSSR count). The fourth-order valence-corrected chi connectivity index (χ4v) is 2.45. The van der Waals surface area contributed by atoms with Gasteiger partial charge in [0.25, 0.3) is 0 Å². The smallest absolute Gasteiger partial charge is 0.304 e. The minimum absolute atomic E-state index is 0.500. The highest BCUT2D eigenvalue weighted by atomic mass is 32.2. The maximum atomic E-state index is 11.5. The van der Waals surface area contributed by atoms with Crippen molar-refractivity contribution in [3.63, 3.8) is 0 Å². The van der Waals surface area contributed by atoms with E-state index >= 15 is 0 Å². The molecule has 1 amide bonds. The molecule has 0 bridgehead atoms. The molecule has 0 atom stereocenters. The van der Waals surface area contributed by atoms with Gasteiger partial charge in [-0.05, 0) is 19.1 Å². The van der Waals surface area contributed by atoms with Gasteiger partial charge in [-0.15, -0.1) is 0 Å². The minimum Gasteiger partial charge on any atom is -0.481 e. The van der Waals surface area contributed by atoms with Crippen molar-refractivity contribution >= 4 is 27.4 Å². The first-order valence-corrected chi connectivity index (χ1v) is 7.39. The van der Waals surface area contributed by atoms with Gasteiger partial charge in [0.05, 0.1) is 12.2 Å². The zero-order chi connectivity index (χ0) is 14.5. The van der Waals surface area contributed by atoms with E-state index in [2.05, 4.69) is 5.32 Å². The Hall–Kier alpha value is -1.89. The highest BCUT2D eigenvalue weighted by Crippen LogP contribution is 2.08. The molecule has 0 radical (unpaired) electrons. The Kier molecular flexibility index (Phi) is 5.05. The van der Waals surface area contributed by atoms with E-state index in [0.29, 0.717) is 5.69 Å². The molecule has 1 aromatic carbocycles. The summed E-state index contributed by atoms with van der Waals surface area (Å²) in [6.45, 7) is 1.89. The lowest BCUT2D eigenvalue weighted by atomic mass is 10.2. The van der Waals surface area contributed by atoms with Gasteiger partial charge in [-0.1, -0.05) is 17.7 Å². The van der Waals surface area contributed by atoms with Gasteiger partial charge < -0.3 is 10.4 Å². The largest absolute Gasteiger partial charge is 0.481 e. The van der Waals surface area contributed by atoms with Crippen LogP contribution < -0.4 is 5.32 Å². The van der Waals surface area contributed by atoms with E-state index in [0.717, 1.165) is 5.56 Å². The fourth-order valence-electron chi connectivity index (χ4n) is 1.35. The van der Waals surface area contributed by atoms with Crippen molar-refractivity contribution in [1.29, 1.82) is 0 Å². The van der Waals surface area contributed by atoms with Crippen molar-refractivity contribution in [2.75, 3.05) is 16.8 Å². The molecular weight excluding hydrogens is 270 g/mol. The number of hydrogen-bond acceptors (Lipinski definition) is 4. The third-order valence-electron chi connectivity index (χ3n) is 2.31. The molecule has 6 nitrogen and oxygen atoms in total. The third kappa shape index (κ3) is 6.01. The second kappa shape index (κ2) is 6.33. The average Bonchev–Trinajstić information content (AvgIpc) is 2.29. The van der Waals surface area contributed by atoms with Gasteiger partial charge in [-0.2, -0.15) is 0 Å². The van der Waals surface area contributed by atoms with Crippen molar-refractivity contribution in [2.24, 2.45) is 0 Å². The molecule has 104 valence electrons. The van der Waals surface area contributed by atoms with Crippen LogP contribution in [-0.2, 0) is 19.4 Å². The number of carbonyl (C=O) groups excluding carboxylic acids is 1. The molecule has 0 spiro atoms. The monoisotopic (exact) mass is 285 g/mol. The summed E-state index contributed by atoms with van der Waals surface area (Å²) >= 11 is 0. The molecule has 0 saturated heterocycles. The lowest BCUT2D eigenvalue weighted by Gasteiger charge is -2.06. The summed E-state index contributed by atoms with van der Waals surface area (Å²) in [7, 11) is -3.70. The van der Waals surface area contributed by atoms with Crippen molar-refractivity contribution < 1.29 is 23.1 Å². The van der Waals surface area contributed by atoms with Crippen LogP contribution in [0.15, 0.2) is 24.3 Å².